The number of carbonyl (C=O) groups is 1. The molecule has 27 heavy (non-hydrogen) atoms. The van der Waals surface area contributed by atoms with Gasteiger partial charge in [0.15, 0.2) is 0 Å². The molecule has 2 aromatic rings. The number of nitrogens with zero attached hydrogens (tertiary/aromatic N) is 4. The first-order valence-corrected chi connectivity index (χ1v) is 9.38. The molecule has 10 heteroatoms. The maximum atomic E-state index is 12.6. The van der Waals surface area contributed by atoms with Crippen molar-refractivity contribution in [3.8, 4) is 0 Å². The summed E-state index contributed by atoms with van der Waals surface area (Å²) in [5.74, 6) is 0.194. The number of alkyl halides is 3. The van der Waals surface area contributed by atoms with Crippen LogP contribution < -0.4 is 10.6 Å². The van der Waals surface area contributed by atoms with Crippen molar-refractivity contribution in [2.45, 2.75) is 25.6 Å². The predicted octanol–water partition coefficient (Wildman–Crippen LogP) is 2.41. The van der Waals surface area contributed by atoms with Gasteiger partial charge in [-0.3, -0.25) is 4.79 Å². The lowest BCUT2D eigenvalue weighted by molar-refractivity contribution is -0.138. The Labute approximate surface area is 158 Å². The Morgan fingerprint density at radius 2 is 1.89 bits per heavy atom. The summed E-state index contributed by atoms with van der Waals surface area (Å²) in [5, 5.41) is 1.84. The number of nitrogens with two attached hydrogens (primary N) is 1. The molecule has 2 aromatic heterocycles. The number of piperazine rings is 1. The van der Waals surface area contributed by atoms with E-state index >= 15 is 0 Å². The molecular formula is C17H20F3N5OS. The zero-order chi connectivity index (χ0) is 19.6. The van der Waals surface area contributed by atoms with Crippen molar-refractivity contribution in [3.63, 3.8) is 0 Å². The van der Waals surface area contributed by atoms with Crippen LogP contribution in [0.1, 0.15) is 27.7 Å². The van der Waals surface area contributed by atoms with Crippen LogP contribution in [0.3, 0.4) is 0 Å². The second-order valence-electron chi connectivity index (χ2n) is 6.53. The largest absolute Gasteiger partial charge is 0.419 e. The van der Waals surface area contributed by atoms with E-state index in [9.17, 15) is 18.0 Å². The number of anilines is 1. The lowest BCUT2D eigenvalue weighted by Crippen LogP contribution is -2.49. The van der Waals surface area contributed by atoms with E-state index in [1.54, 1.807) is 9.80 Å². The minimum Gasteiger partial charge on any atom is -0.337 e. The number of hydrogen-bond donors (Lipinski definition) is 1. The number of amides is 1. The Hall–Kier alpha value is -2.20. The molecule has 0 aliphatic carbocycles. The molecule has 0 radical (unpaired) electrons. The lowest BCUT2D eigenvalue weighted by atomic mass is 10.2. The summed E-state index contributed by atoms with van der Waals surface area (Å²) in [6, 6.07) is 1.92. The molecule has 1 aliphatic rings. The van der Waals surface area contributed by atoms with Gasteiger partial charge in [0.2, 0.25) is 5.95 Å². The first kappa shape index (κ1) is 19.6. The minimum absolute atomic E-state index is 0.0406. The van der Waals surface area contributed by atoms with Gasteiger partial charge in [0, 0.05) is 54.9 Å². The summed E-state index contributed by atoms with van der Waals surface area (Å²) in [6.45, 7) is 3.77. The van der Waals surface area contributed by atoms with Gasteiger partial charge in [0.1, 0.15) is 0 Å². The van der Waals surface area contributed by atoms with Crippen molar-refractivity contribution in [2.75, 3.05) is 31.1 Å². The quantitative estimate of drug-likeness (QED) is 0.855. The van der Waals surface area contributed by atoms with Crippen LogP contribution in [0.2, 0.25) is 0 Å². The third-order valence-electron chi connectivity index (χ3n) is 4.24. The summed E-state index contributed by atoms with van der Waals surface area (Å²) >= 11 is 1.52. The molecule has 1 fully saturated rings. The van der Waals surface area contributed by atoms with Crippen molar-refractivity contribution >= 4 is 23.2 Å². The Morgan fingerprint density at radius 3 is 2.44 bits per heavy atom. The fourth-order valence-electron chi connectivity index (χ4n) is 2.84. The number of carbonyl (C=O) groups excluding carboxylic acids is 1. The number of halogens is 3. The fraction of sp³-hybridized carbons (Fsp3) is 0.471. The van der Waals surface area contributed by atoms with E-state index in [1.807, 2.05) is 18.4 Å². The molecule has 1 amide bonds. The highest BCUT2D eigenvalue weighted by Gasteiger charge is 2.32. The van der Waals surface area contributed by atoms with Gasteiger partial charge in [-0.1, -0.05) is 0 Å². The summed E-state index contributed by atoms with van der Waals surface area (Å²) in [7, 11) is 0. The molecule has 1 saturated heterocycles. The van der Waals surface area contributed by atoms with Gasteiger partial charge in [-0.25, -0.2) is 9.97 Å². The zero-order valence-corrected chi connectivity index (χ0v) is 15.6. The van der Waals surface area contributed by atoms with Gasteiger partial charge in [0.05, 0.1) is 11.1 Å². The van der Waals surface area contributed by atoms with Crippen LogP contribution in [0.25, 0.3) is 0 Å². The average molecular weight is 399 g/mol. The van der Waals surface area contributed by atoms with Gasteiger partial charge in [-0.15, -0.1) is 11.3 Å². The van der Waals surface area contributed by atoms with Crippen LogP contribution >= 0.6 is 11.3 Å². The highest BCUT2D eigenvalue weighted by atomic mass is 32.1. The van der Waals surface area contributed by atoms with Crippen molar-refractivity contribution in [1.82, 2.24) is 14.9 Å². The molecule has 146 valence electrons. The summed E-state index contributed by atoms with van der Waals surface area (Å²) in [4.78, 5) is 24.8. The van der Waals surface area contributed by atoms with Crippen molar-refractivity contribution in [3.05, 3.63) is 39.8 Å². The molecule has 1 atom stereocenters. The van der Waals surface area contributed by atoms with E-state index in [1.165, 1.54) is 11.3 Å². The van der Waals surface area contributed by atoms with E-state index in [0.29, 0.717) is 31.7 Å². The Bertz CT molecular complexity index is 783. The Morgan fingerprint density at radius 1 is 1.26 bits per heavy atom. The van der Waals surface area contributed by atoms with E-state index < -0.39 is 11.7 Å². The first-order chi connectivity index (χ1) is 12.7. The van der Waals surface area contributed by atoms with Gasteiger partial charge >= 0.3 is 6.18 Å². The van der Waals surface area contributed by atoms with Gasteiger partial charge < -0.3 is 15.5 Å². The lowest BCUT2D eigenvalue weighted by Gasteiger charge is -2.34. The average Bonchev–Trinajstić information content (AvgIpc) is 3.08. The zero-order valence-electron chi connectivity index (χ0n) is 14.7. The Kier molecular flexibility index (Phi) is 5.66. The molecule has 2 N–H and O–H groups in total. The third-order valence-corrected chi connectivity index (χ3v) is 5.20. The number of thiophene rings is 1. The standard InChI is InChI=1S/C17H20F3N5OS/c1-11(21)6-14-7-12(10-27-14)15(26)24-2-4-25(5-3-24)16-22-8-13(9-23-16)17(18,19)20/h7-11H,2-6,21H2,1H3. The predicted molar refractivity (Wildman–Crippen MR) is 96.8 cm³/mol. The van der Waals surface area contributed by atoms with Gasteiger partial charge in [0.25, 0.3) is 5.91 Å². The van der Waals surface area contributed by atoms with E-state index in [-0.39, 0.29) is 17.9 Å². The van der Waals surface area contributed by atoms with E-state index in [2.05, 4.69) is 9.97 Å². The number of rotatable bonds is 4. The molecule has 0 bridgehead atoms. The maximum Gasteiger partial charge on any atom is 0.419 e. The topological polar surface area (TPSA) is 75.4 Å². The smallest absolute Gasteiger partial charge is 0.337 e. The van der Waals surface area contributed by atoms with E-state index in [4.69, 9.17) is 5.73 Å². The molecular weight excluding hydrogens is 379 g/mol. The molecule has 0 saturated carbocycles. The normalized spacial score (nSPS) is 16.5. The molecule has 1 unspecified atom stereocenters. The van der Waals surface area contributed by atoms with Crippen molar-refractivity contribution < 1.29 is 18.0 Å². The highest BCUT2D eigenvalue weighted by Crippen LogP contribution is 2.28. The van der Waals surface area contributed by atoms with Crippen molar-refractivity contribution in [2.24, 2.45) is 5.73 Å². The summed E-state index contributed by atoms with van der Waals surface area (Å²) < 4.78 is 37.8. The SMILES string of the molecule is CC(N)Cc1cc(C(=O)N2CCN(c3ncc(C(F)(F)F)cn3)CC2)cs1. The molecule has 3 rings (SSSR count). The van der Waals surface area contributed by atoms with Crippen LogP contribution in [0.5, 0.6) is 0 Å². The maximum absolute atomic E-state index is 12.6. The van der Waals surface area contributed by atoms with Crippen LogP contribution in [0.15, 0.2) is 23.8 Å². The van der Waals surface area contributed by atoms with Gasteiger partial charge in [-0.05, 0) is 19.4 Å². The first-order valence-electron chi connectivity index (χ1n) is 8.50. The summed E-state index contributed by atoms with van der Waals surface area (Å²) in [5.41, 5.74) is 5.56. The molecule has 3 heterocycles. The number of aromatic nitrogens is 2. The second-order valence-corrected chi connectivity index (χ2v) is 7.53. The van der Waals surface area contributed by atoms with E-state index in [0.717, 1.165) is 23.7 Å². The molecule has 0 aromatic carbocycles. The van der Waals surface area contributed by atoms with Gasteiger partial charge in [-0.2, -0.15) is 13.2 Å². The molecule has 0 spiro atoms. The highest BCUT2D eigenvalue weighted by molar-refractivity contribution is 7.10. The fourth-order valence-corrected chi connectivity index (χ4v) is 3.84. The van der Waals surface area contributed by atoms with Crippen LogP contribution in [0.4, 0.5) is 19.1 Å². The summed E-state index contributed by atoms with van der Waals surface area (Å²) in [6.07, 6.45) is -2.15. The minimum atomic E-state index is -4.45. The second kappa shape index (κ2) is 7.81. The van der Waals surface area contributed by atoms with Crippen LogP contribution in [-0.4, -0.2) is 53.0 Å². The molecule has 6 nitrogen and oxygen atoms in total. The van der Waals surface area contributed by atoms with Crippen LogP contribution in [-0.2, 0) is 12.6 Å². The van der Waals surface area contributed by atoms with Crippen LogP contribution in [0, 0.1) is 0 Å². The Balaban J connectivity index is 1.58. The number of hydrogen-bond acceptors (Lipinski definition) is 6. The molecule has 1 aliphatic heterocycles. The third kappa shape index (κ3) is 4.75. The monoisotopic (exact) mass is 399 g/mol. The van der Waals surface area contributed by atoms with Crippen molar-refractivity contribution in [1.29, 1.82) is 0 Å².